The van der Waals surface area contributed by atoms with Crippen LogP contribution in [0.5, 0.6) is 0 Å². The van der Waals surface area contributed by atoms with Gasteiger partial charge < -0.3 is 5.32 Å². The van der Waals surface area contributed by atoms with Gasteiger partial charge in [0, 0.05) is 17.3 Å². The second kappa shape index (κ2) is 6.01. The van der Waals surface area contributed by atoms with Gasteiger partial charge in [0.15, 0.2) is 0 Å². The molecular weight excluding hydrogens is 284 g/mol. The van der Waals surface area contributed by atoms with Crippen LogP contribution in [0.3, 0.4) is 0 Å². The zero-order chi connectivity index (χ0) is 14.7. The van der Waals surface area contributed by atoms with Gasteiger partial charge in [-0.15, -0.1) is 11.6 Å². The molecule has 0 aliphatic rings. The molecule has 0 heterocycles. The van der Waals surface area contributed by atoms with Gasteiger partial charge >= 0.3 is 0 Å². The normalized spacial score (nSPS) is 12.0. The van der Waals surface area contributed by atoms with Crippen molar-refractivity contribution in [1.29, 1.82) is 0 Å². The SMILES string of the molecule is CC(Cl)c1ccccc1NC(=O)c1cc(F)cc(F)c1. The molecule has 0 spiro atoms. The van der Waals surface area contributed by atoms with Crippen LogP contribution in [0.25, 0.3) is 0 Å². The molecule has 2 rings (SSSR count). The summed E-state index contributed by atoms with van der Waals surface area (Å²) in [7, 11) is 0. The van der Waals surface area contributed by atoms with Gasteiger partial charge in [-0.2, -0.15) is 0 Å². The maximum Gasteiger partial charge on any atom is 0.255 e. The summed E-state index contributed by atoms with van der Waals surface area (Å²) in [6, 6.07) is 9.67. The van der Waals surface area contributed by atoms with Crippen molar-refractivity contribution in [1.82, 2.24) is 0 Å². The van der Waals surface area contributed by atoms with Gasteiger partial charge in [-0.1, -0.05) is 18.2 Å². The molecule has 0 fully saturated rings. The van der Waals surface area contributed by atoms with Crippen LogP contribution in [-0.4, -0.2) is 5.91 Å². The van der Waals surface area contributed by atoms with E-state index in [9.17, 15) is 13.6 Å². The van der Waals surface area contributed by atoms with Gasteiger partial charge in [0.05, 0.1) is 5.38 Å². The molecule has 20 heavy (non-hydrogen) atoms. The molecular formula is C15H12ClF2NO. The largest absolute Gasteiger partial charge is 0.322 e. The lowest BCUT2D eigenvalue weighted by molar-refractivity contribution is 0.102. The highest BCUT2D eigenvalue weighted by molar-refractivity contribution is 6.21. The van der Waals surface area contributed by atoms with Crippen molar-refractivity contribution in [3.63, 3.8) is 0 Å². The predicted octanol–water partition coefficient (Wildman–Crippen LogP) is 4.52. The van der Waals surface area contributed by atoms with E-state index in [1.54, 1.807) is 31.2 Å². The summed E-state index contributed by atoms with van der Waals surface area (Å²) in [5, 5.41) is 2.31. The molecule has 2 aromatic rings. The lowest BCUT2D eigenvalue weighted by atomic mass is 10.1. The Balaban J connectivity index is 2.28. The lowest BCUT2D eigenvalue weighted by Gasteiger charge is -2.12. The highest BCUT2D eigenvalue weighted by Gasteiger charge is 2.13. The number of halogens is 3. The second-order valence-corrected chi connectivity index (χ2v) is 4.97. The molecule has 0 radical (unpaired) electrons. The number of alkyl halides is 1. The van der Waals surface area contributed by atoms with Crippen LogP contribution in [0.15, 0.2) is 42.5 Å². The van der Waals surface area contributed by atoms with Gasteiger partial charge in [-0.05, 0) is 30.7 Å². The van der Waals surface area contributed by atoms with Crippen molar-refractivity contribution in [3.8, 4) is 0 Å². The minimum atomic E-state index is -0.797. The minimum Gasteiger partial charge on any atom is -0.322 e. The summed E-state index contributed by atoms with van der Waals surface area (Å²) in [5.41, 5.74) is 1.17. The van der Waals surface area contributed by atoms with E-state index in [0.717, 1.165) is 17.7 Å². The topological polar surface area (TPSA) is 29.1 Å². The van der Waals surface area contributed by atoms with E-state index >= 15 is 0 Å². The number of hydrogen-bond acceptors (Lipinski definition) is 1. The molecule has 0 saturated carbocycles. The monoisotopic (exact) mass is 295 g/mol. The first-order valence-corrected chi connectivity index (χ1v) is 6.41. The maximum atomic E-state index is 13.1. The van der Waals surface area contributed by atoms with E-state index in [-0.39, 0.29) is 10.9 Å². The third-order valence-corrected chi connectivity index (χ3v) is 3.00. The summed E-state index contributed by atoms with van der Waals surface area (Å²) >= 11 is 6.02. The van der Waals surface area contributed by atoms with Gasteiger partial charge in [-0.3, -0.25) is 4.79 Å². The van der Waals surface area contributed by atoms with E-state index in [1.807, 2.05) is 0 Å². The number of hydrogen-bond donors (Lipinski definition) is 1. The molecule has 0 aliphatic heterocycles. The van der Waals surface area contributed by atoms with Gasteiger partial charge in [-0.25, -0.2) is 8.78 Å². The van der Waals surface area contributed by atoms with Crippen LogP contribution < -0.4 is 5.32 Å². The molecule has 5 heteroatoms. The Kier molecular flexibility index (Phi) is 4.35. The van der Waals surface area contributed by atoms with Crippen molar-refractivity contribution in [2.75, 3.05) is 5.32 Å². The summed E-state index contributed by atoms with van der Waals surface area (Å²) in [6.07, 6.45) is 0. The quantitative estimate of drug-likeness (QED) is 0.829. The maximum absolute atomic E-state index is 13.1. The Morgan fingerprint density at radius 1 is 1.15 bits per heavy atom. The minimum absolute atomic E-state index is 0.0838. The molecule has 1 atom stereocenters. The molecule has 0 aromatic heterocycles. The first kappa shape index (κ1) is 14.5. The Morgan fingerprint density at radius 3 is 2.35 bits per heavy atom. The fourth-order valence-electron chi connectivity index (χ4n) is 1.84. The van der Waals surface area contributed by atoms with E-state index in [4.69, 9.17) is 11.6 Å². The Bertz CT molecular complexity index is 623. The fraction of sp³-hybridized carbons (Fsp3) is 0.133. The molecule has 104 valence electrons. The van der Waals surface area contributed by atoms with Crippen molar-refractivity contribution in [2.24, 2.45) is 0 Å². The van der Waals surface area contributed by atoms with Gasteiger partial charge in [0.1, 0.15) is 11.6 Å². The zero-order valence-electron chi connectivity index (χ0n) is 10.7. The number of nitrogens with one attached hydrogen (secondary N) is 1. The van der Waals surface area contributed by atoms with Crippen molar-refractivity contribution in [2.45, 2.75) is 12.3 Å². The average Bonchev–Trinajstić information content (AvgIpc) is 2.37. The Hall–Kier alpha value is -1.94. The number of anilines is 1. The molecule has 2 aromatic carbocycles. The van der Waals surface area contributed by atoms with E-state index in [1.165, 1.54) is 0 Å². The molecule has 0 aliphatic carbocycles. The van der Waals surface area contributed by atoms with Crippen LogP contribution in [0.1, 0.15) is 28.2 Å². The lowest BCUT2D eigenvalue weighted by Crippen LogP contribution is -2.14. The fourth-order valence-corrected chi connectivity index (χ4v) is 2.03. The Labute approximate surface area is 120 Å². The first-order valence-electron chi connectivity index (χ1n) is 5.98. The standard InChI is InChI=1S/C15H12ClF2NO/c1-9(16)13-4-2-3-5-14(13)19-15(20)10-6-11(17)8-12(18)7-10/h2-9H,1H3,(H,19,20). The molecule has 0 saturated heterocycles. The molecule has 1 amide bonds. The molecule has 1 unspecified atom stereocenters. The van der Waals surface area contributed by atoms with Crippen LogP contribution in [0.2, 0.25) is 0 Å². The third kappa shape index (κ3) is 3.33. The van der Waals surface area contributed by atoms with E-state index in [0.29, 0.717) is 11.8 Å². The van der Waals surface area contributed by atoms with Crippen LogP contribution in [0.4, 0.5) is 14.5 Å². The number of rotatable bonds is 3. The zero-order valence-corrected chi connectivity index (χ0v) is 11.4. The Morgan fingerprint density at radius 2 is 1.75 bits per heavy atom. The van der Waals surface area contributed by atoms with Gasteiger partial charge in [0.25, 0.3) is 5.91 Å². The van der Waals surface area contributed by atoms with Crippen LogP contribution >= 0.6 is 11.6 Å². The number of carbonyl (C=O) groups is 1. The van der Waals surface area contributed by atoms with Crippen molar-refractivity contribution >= 4 is 23.2 Å². The van der Waals surface area contributed by atoms with E-state index in [2.05, 4.69) is 5.32 Å². The summed E-state index contributed by atoms with van der Waals surface area (Å²) in [4.78, 5) is 12.0. The third-order valence-electron chi connectivity index (χ3n) is 2.76. The van der Waals surface area contributed by atoms with Gasteiger partial charge in [0.2, 0.25) is 0 Å². The number of benzene rings is 2. The molecule has 1 N–H and O–H groups in total. The molecule has 0 bridgehead atoms. The van der Waals surface area contributed by atoms with E-state index < -0.39 is 17.5 Å². The number of para-hydroxylation sites is 1. The predicted molar refractivity (Wildman–Crippen MR) is 75.0 cm³/mol. The number of amides is 1. The summed E-state index contributed by atoms with van der Waals surface area (Å²) < 4.78 is 26.2. The van der Waals surface area contributed by atoms with Crippen LogP contribution in [0, 0.1) is 11.6 Å². The van der Waals surface area contributed by atoms with Crippen LogP contribution in [-0.2, 0) is 0 Å². The second-order valence-electron chi connectivity index (χ2n) is 4.32. The first-order chi connectivity index (χ1) is 9.47. The van der Waals surface area contributed by atoms with Crippen molar-refractivity contribution in [3.05, 3.63) is 65.2 Å². The summed E-state index contributed by atoms with van der Waals surface area (Å²) in [5.74, 6) is -2.18. The smallest absolute Gasteiger partial charge is 0.255 e. The molecule has 2 nitrogen and oxygen atoms in total. The summed E-state index contributed by atoms with van der Waals surface area (Å²) in [6.45, 7) is 1.77. The van der Waals surface area contributed by atoms with Crippen molar-refractivity contribution < 1.29 is 13.6 Å². The number of carbonyl (C=O) groups excluding carboxylic acids is 1. The highest BCUT2D eigenvalue weighted by atomic mass is 35.5. The highest BCUT2D eigenvalue weighted by Crippen LogP contribution is 2.27. The average molecular weight is 296 g/mol.